The number of benzene rings is 2. The van der Waals surface area contributed by atoms with Crippen molar-refractivity contribution in [3.63, 3.8) is 0 Å². The third kappa shape index (κ3) is 6.19. The molecule has 1 amide bonds. The summed E-state index contributed by atoms with van der Waals surface area (Å²) in [5, 5.41) is 2.92. The fourth-order valence-corrected chi connectivity index (χ4v) is 4.00. The van der Waals surface area contributed by atoms with Gasteiger partial charge >= 0.3 is 0 Å². The number of hydrogen-bond donors (Lipinski definition) is 2. The second-order valence-electron chi connectivity index (χ2n) is 7.26. The van der Waals surface area contributed by atoms with Gasteiger partial charge in [-0.2, -0.15) is 4.72 Å². The van der Waals surface area contributed by atoms with Crippen LogP contribution in [0.5, 0.6) is 0 Å². The van der Waals surface area contributed by atoms with Gasteiger partial charge in [0, 0.05) is 0 Å². The summed E-state index contributed by atoms with van der Waals surface area (Å²) in [5.74, 6) is -0.163. The number of nitrogens with one attached hydrogen (secondary N) is 2. The molecule has 0 unspecified atom stereocenters. The van der Waals surface area contributed by atoms with Gasteiger partial charge in [-0.05, 0) is 43.9 Å². The van der Waals surface area contributed by atoms with E-state index in [0.29, 0.717) is 6.42 Å². The first-order valence-electron chi connectivity index (χ1n) is 9.13. The zero-order valence-electron chi connectivity index (χ0n) is 16.3. The standard InChI is InChI=1S/C21H28N2O3S/c1-15(2)14-20(21(24)22-17(4)18-8-6-5-7-9-18)23-27(25,26)19-12-10-16(3)11-13-19/h5-13,15,17,20,23H,14H2,1-4H3,(H,22,24)/t17-,20-/m0/s1. The second kappa shape index (κ2) is 9.15. The molecule has 0 aromatic heterocycles. The normalized spacial score (nSPS) is 14.0. The van der Waals surface area contributed by atoms with E-state index in [2.05, 4.69) is 10.0 Å². The van der Waals surface area contributed by atoms with Crippen LogP contribution >= 0.6 is 0 Å². The van der Waals surface area contributed by atoms with Gasteiger partial charge in [0.05, 0.1) is 10.9 Å². The van der Waals surface area contributed by atoms with E-state index in [4.69, 9.17) is 0 Å². The lowest BCUT2D eigenvalue weighted by Gasteiger charge is -2.23. The summed E-state index contributed by atoms with van der Waals surface area (Å²) in [4.78, 5) is 12.9. The number of carbonyl (C=O) groups is 1. The quantitative estimate of drug-likeness (QED) is 0.726. The summed E-state index contributed by atoms with van der Waals surface area (Å²) < 4.78 is 28.0. The van der Waals surface area contributed by atoms with Crippen LogP contribution in [-0.4, -0.2) is 20.4 Å². The number of rotatable bonds is 8. The van der Waals surface area contributed by atoms with Gasteiger partial charge in [-0.25, -0.2) is 8.42 Å². The van der Waals surface area contributed by atoms with Crippen LogP contribution in [0, 0.1) is 12.8 Å². The average molecular weight is 389 g/mol. The molecule has 0 heterocycles. The zero-order valence-corrected chi connectivity index (χ0v) is 17.1. The van der Waals surface area contributed by atoms with Crippen LogP contribution in [0.25, 0.3) is 0 Å². The molecule has 2 aromatic carbocycles. The average Bonchev–Trinajstić information content (AvgIpc) is 2.61. The molecule has 2 N–H and O–H groups in total. The van der Waals surface area contributed by atoms with Crippen LogP contribution in [0.15, 0.2) is 59.5 Å². The summed E-state index contributed by atoms with van der Waals surface area (Å²) in [7, 11) is -3.78. The molecule has 0 fully saturated rings. The van der Waals surface area contributed by atoms with Crippen LogP contribution in [0.3, 0.4) is 0 Å². The highest BCUT2D eigenvalue weighted by Gasteiger charge is 2.27. The SMILES string of the molecule is Cc1ccc(S(=O)(=O)N[C@@H](CC(C)C)C(=O)N[C@@H](C)c2ccccc2)cc1. The van der Waals surface area contributed by atoms with Crippen LogP contribution in [-0.2, 0) is 14.8 Å². The Kier molecular flexibility index (Phi) is 7.16. The molecule has 5 nitrogen and oxygen atoms in total. The number of carbonyl (C=O) groups excluding carboxylic acids is 1. The molecule has 2 atom stereocenters. The maximum atomic E-state index is 12.8. The smallest absolute Gasteiger partial charge is 0.241 e. The monoisotopic (exact) mass is 388 g/mol. The van der Waals surface area contributed by atoms with Crippen molar-refractivity contribution in [2.45, 2.75) is 51.1 Å². The first kappa shape index (κ1) is 21.1. The number of aryl methyl sites for hydroxylation is 1. The molecule has 2 rings (SSSR count). The van der Waals surface area contributed by atoms with Crippen molar-refractivity contribution in [1.82, 2.24) is 10.0 Å². The molecule has 2 aromatic rings. The van der Waals surface area contributed by atoms with Crippen molar-refractivity contribution in [2.24, 2.45) is 5.92 Å². The topological polar surface area (TPSA) is 75.3 Å². The van der Waals surface area contributed by atoms with E-state index in [1.165, 1.54) is 0 Å². The van der Waals surface area contributed by atoms with E-state index >= 15 is 0 Å². The van der Waals surface area contributed by atoms with E-state index in [1.54, 1.807) is 24.3 Å². The molecule has 0 spiro atoms. The second-order valence-corrected chi connectivity index (χ2v) is 8.97. The molecule has 6 heteroatoms. The Morgan fingerprint density at radius 2 is 1.56 bits per heavy atom. The van der Waals surface area contributed by atoms with Gasteiger partial charge in [-0.3, -0.25) is 4.79 Å². The highest BCUT2D eigenvalue weighted by atomic mass is 32.2. The summed E-state index contributed by atoms with van der Waals surface area (Å²) in [5.41, 5.74) is 1.94. The summed E-state index contributed by atoms with van der Waals surface area (Å²) in [6.45, 7) is 7.69. The van der Waals surface area contributed by atoms with Crippen molar-refractivity contribution < 1.29 is 13.2 Å². The Hall–Kier alpha value is -2.18. The minimum Gasteiger partial charge on any atom is -0.348 e. The predicted octanol–water partition coefficient (Wildman–Crippen LogP) is 3.57. The summed E-state index contributed by atoms with van der Waals surface area (Å²) in [6, 6.07) is 15.1. The Balaban J connectivity index is 2.16. The zero-order chi connectivity index (χ0) is 20.0. The molecule has 0 bridgehead atoms. The third-order valence-electron chi connectivity index (χ3n) is 4.31. The van der Waals surface area contributed by atoms with Crippen LogP contribution in [0.4, 0.5) is 0 Å². The number of amides is 1. The highest BCUT2D eigenvalue weighted by Crippen LogP contribution is 2.16. The van der Waals surface area contributed by atoms with Gasteiger partial charge < -0.3 is 5.32 Å². The molecule has 146 valence electrons. The first-order valence-corrected chi connectivity index (χ1v) is 10.6. The van der Waals surface area contributed by atoms with Gasteiger partial charge in [-0.15, -0.1) is 0 Å². The fourth-order valence-electron chi connectivity index (χ4n) is 2.79. The van der Waals surface area contributed by atoms with E-state index in [0.717, 1.165) is 11.1 Å². The van der Waals surface area contributed by atoms with Crippen LogP contribution in [0.2, 0.25) is 0 Å². The molecule has 0 aliphatic carbocycles. The van der Waals surface area contributed by atoms with Crippen molar-refractivity contribution in [3.8, 4) is 0 Å². The van der Waals surface area contributed by atoms with Crippen LogP contribution < -0.4 is 10.0 Å². The van der Waals surface area contributed by atoms with E-state index in [9.17, 15) is 13.2 Å². The Morgan fingerprint density at radius 1 is 0.963 bits per heavy atom. The van der Waals surface area contributed by atoms with Crippen molar-refractivity contribution >= 4 is 15.9 Å². The molecule has 0 saturated heterocycles. The van der Waals surface area contributed by atoms with E-state index < -0.39 is 16.1 Å². The number of sulfonamides is 1. The van der Waals surface area contributed by atoms with E-state index in [-0.39, 0.29) is 22.8 Å². The largest absolute Gasteiger partial charge is 0.348 e. The minimum atomic E-state index is -3.78. The first-order chi connectivity index (χ1) is 12.7. The lowest BCUT2D eigenvalue weighted by Crippen LogP contribution is -2.47. The highest BCUT2D eigenvalue weighted by molar-refractivity contribution is 7.89. The van der Waals surface area contributed by atoms with Gasteiger partial charge in [-0.1, -0.05) is 61.9 Å². The molecule has 0 radical (unpaired) electrons. The van der Waals surface area contributed by atoms with Gasteiger partial charge in [0.15, 0.2) is 0 Å². The molecule has 27 heavy (non-hydrogen) atoms. The Labute approximate surface area is 162 Å². The maximum Gasteiger partial charge on any atom is 0.241 e. The summed E-state index contributed by atoms with van der Waals surface area (Å²) >= 11 is 0. The lowest BCUT2D eigenvalue weighted by molar-refractivity contribution is -0.123. The van der Waals surface area contributed by atoms with Gasteiger partial charge in [0.25, 0.3) is 0 Å². The van der Waals surface area contributed by atoms with Gasteiger partial charge in [0.1, 0.15) is 6.04 Å². The van der Waals surface area contributed by atoms with Gasteiger partial charge in [0.2, 0.25) is 15.9 Å². The maximum absolute atomic E-state index is 12.8. The Morgan fingerprint density at radius 3 is 2.11 bits per heavy atom. The molecule has 0 aliphatic heterocycles. The lowest BCUT2D eigenvalue weighted by atomic mass is 10.0. The molecular weight excluding hydrogens is 360 g/mol. The predicted molar refractivity (Wildman–Crippen MR) is 108 cm³/mol. The minimum absolute atomic E-state index is 0.158. The third-order valence-corrected chi connectivity index (χ3v) is 5.80. The molecule has 0 aliphatic rings. The number of hydrogen-bond acceptors (Lipinski definition) is 3. The Bertz CT molecular complexity index is 847. The summed E-state index contributed by atoms with van der Waals surface area (Å²) in [6.07, 6.45) is 0.415. The van der Waals surface area contributed by atoms with Crippen molar-refractivity contribution in [2.75, 3.05) is 0 Å². The molecular formula is C21H28N2O3S. The fraction of sp³-hybridized carbons (Fsp3) is 0.381. The molecule has 0 saturated carbocycles. The van der Waals surface area contributed by atoms with Crippen molar-refractivity contribution in [1.29, 1.82) is 0 Å². The van der Waals surface area contributed by atoms with E-state index in [1.807, 2.05) is 58.0 Å². The van der Waals surface area contributed by atoms with Crippen LogP contribution in [0.1, 0.15) is 44.4 Å². The van der Waals surface area contributed by atoms with Crippen molar-refractivity contribution in [3.05, 3.63) is 65.7 Å².